The molecule has 2 nitrogen and oxygen atoms in total. The number of hydrogen-bond donors (Lipinski definition) is 0. The van der Waals surface area contributed by atoms with Gasteiger partial charge in [-0.2, -0.15) is 5.26 Å². The van der Waals surface area contributed by atoms with Crippen molar-refractivity contribution < 1.29 is 4.42 Å². The average Bonchev–Trinajstić information content (AvgIpc) is 2.63. The Morgan fingerprint density at radius 1 is 1.44 bits per heavy atom. The van der Waals surface area contributed by atoms with E-state index < -0.39 is 0 Å². The van der Waals surface area contributed by atoms with E-state index in [4.69, 9.17) is 9.68 Å². The van der Waals surface area contributed by atoms with Gasteiger partial charge in [-0.1, -0.05) is 22.9 Å². The molecule has 0 unspecified atom stereocenters. The Morgan fingerprint density at radius 3 is 2.69 bits per heavy atom. The van der Waals surface area contributed by atoms with E-state index in [0.29, 0.717) is 5.76 Å². The first-order valence-electron chi connectivity index (χ1n) is 5.21. The van der Waals surface area contributed by atoms with Crippen molar-refractivity contribution >= 4 is 26.9 Å². The van der Waals surface area contributed by atoms with Gasteiger partial charge < -0.3 is 4.42 Å². The van der Waals surface area contributed by atoms with Gasteiger partial charge >= 0.3 is 0 Å². The summed E-state index contributed by atoms with van der Waals surface area (Å²) in [7, 11) is 0. The van der Waals surface area contributed by atoms with Crippen molar-refractivity contribution in [2.75, 3.05) is 0 Å². The van der Waals surface area contributed by atoms with Crippen molar-refractivity contribution in [3.63, 3.8) is 0 Å². The zero-order valence-corrected chi connectivity index (χ0v) is 11.1. The first kappa shape index (κ1) is 11.2. The van der Waals surface area contributed by atoms with Crippen LogP contribution in [0.25, 0.3) is 11.0 Å². The van der Waals surface area contributed by atoms with Crippen molar-refractivity contribution in [3.8, 4) is 6.07 Å². The fourth-order valence-electron chi connectivity index (χ4n) is 2.09. The molecule has 0 saturated heterocycles. The molecule has 0 saturated carbocycles. The molecule has 0 aliphatic heterocycles. The van der Waals surface area contributed by atoms with Gasteiger partial charge in [-0.3, -0.25) is 0 Å². The highest BCUT2D eigenvalue weighted by atomic mass is 79.9. The highest BCUT2D eigenvalue weighted by Crippen LogP contribution is 2.34. The van der Waals surface area contributed by atoms with Crippen LogP contribution in [0.4, 0.5) is 0 Å². The lowest BCUT2D eigenvalue weighted by Crippen LogP contribution is -1.87. The quantitative estimate of drug-likeness (QED) is 0.782. The van der Waals surface area contributed by atoms with Crippen molar-refractivity contribution in [1.29, 1.82) is 5.26 Å². The second-order valence-electron chi connectivity index (χ2n) is 3.88. The third-order valence-corrected chi connectivity index (χ3v) is 4.11. The first-order valence-corrected chi connectivity index (χ1v) is 6.00. The van der Waals surface area contributed by atoms with Crippen LogP contribution in [0.2, 0.25) is 0 Å². The summed E-state index contributed by atoms with van der Waals surface area (Å²) in [5.74, 6) is 0.443. The molecule has 0 amide bonds. The number of hydrogen-bond acceptors (Lipinski definition) is 2. The second-order valence-corrected chi connectivity index (χ2v) is 4.67. The van der Waals surface area contributed by atoms with Crippen LogP contribution in [0.3, 0.4) is 0 Å². The van der Waals surface area contributed by atoms with Crippen LogP contribution in [-0.2, 0) is 6.42 Å². The molecule has 0 N–H and O–H groups in total. The van der Waals surface area contributed by atoms with E-state index >= 15 is 0 Å². The van der Waals surface area contributed by atoms with Gasteiger partial charge in [-0.25, -0.2) is 0 Å². The molecule has 0 fully saturated rings. The fraction of sp³-hybridized carbons (Fsp3) is 0.308. The van der Waals surface area contributed by atoms with Crippen LogP contribution in [0, 0.1) is 25.2 Å². The van der Waals surface area contributed by atoms with E-state index in [-0.39, 0.29) is 0 Å². The lowest BCUT2D eigenvalue weighted by Gasteiger charge is -2.04. The predicted octanol–water partition coefficient (Wildman–Crippen LogP) is 4.25. The lowest BCUT2D eigenvalue weighted by atomic mass is 10.0. The highest BCUT2D eigenvalue weighted by molar-refractivity contribution is 9.10. The van der Waals surface area contributed by atoms with Gasteiger partial charge in [0.25, 0.3) is 0 Å². The molecule has 0 aliphatic carbocycles. The van der Waals surface area contributed by atoms with E-state index in [2.05, 4.69) is 28.9 Å². The molecule has 3 heteroatoms. The molecule has 0 aliphatic rings. The van der Waals surface area contributed by atoms with Crippen LogP contribution >= 0.6 is 15.9 Å². The summed E-state index contributed by atoms with van der Waals surface area (Å²) < 4.78 is 6.67. The minimum absolute atomic E-state index is 0.443. The molecule has 2 rings (SSSR count). The Labute approximate surface area is 103 Å². The SMILES string of the molecule is CCc1c(C#N)oc2cc(C)c(Br)c(C)c12. The zero-order chi connectivity index (χ0) is 11.9. The topological polar surface area (TPSA) is 36.9 Å². The van der Waals surface area contributed by atoms with Gasteiger partial charge in [0, 0.05) is 15.4 Å². The Balaban J connectivity index is 2.96. The van der Waals surface area contributed by atoms with Crippen molar-refractivity contribution in [3.05, 3.63) is 33.0 Å². The van der Waals surface area contributed by atoms with E-state index in [0.717, 1.165) is 38.6 Å². The Kier molecular flexibility index (Phi) is 2.77. The molecule has 2 aromatic rings. The monoisotopic (exact) mass is 277 g/mol. The number of aryl methyl sites for hydroxylation is 3. The highest BCUT2D eigenvalue weighted by Gasteiger charge is 2.16. The van der Waals surface area contributed by atoms with Crippen LogP contribution < -0.4 is 0 Å². The number of rotatable bonds is 1. The van der Waals surface area contributed by atoms with Gasteiger partial charge in [-0.05, 0) is 37.5 Å². The summed E-state index contributed by atoms with van der Waals surface area (Å²) in [4.78, 5) is 0. The third kappa shape index (κ3) is 1.45. The molecule has 0 spiro atoms. The van der Waals surface area contributed by atoms with E-state index in [1.165, 1.54) is 0 Å². The van der Waals surface area contributed by atoms with Crippen molar-refractivity contribution in [2.24, 2.45) is 0 Å². The minimum atomic E-state index is 0.443. The number of nitrogens with zero attached hydrogens (tertiary/aromatic N) is 1. The third-order valence-electron chi connectivity index (χ3n) is 2.89. The molecule has 82 valence electrons. The molecule has 0 radical (unpaired) electrons. The standard InChI is InChI=1S/C13H12BrNO/c1-4-9-11(6-15)16-10-5-7(2)13(14)8(3)12(9)10/h5H,4H2,1-3H3. The van der Waals surface area contributed by atoms with Crippen molar-refractivity contribution in [1.82, 2.24) is 0 Å². The molecule has 1 aromatic heterocycles. The molecule has 0 bridgehead atoms. The van der Waals surface area contributed by atoms with Crippen LogP contribution in [-0.4, -0.2) is 0 Å². The number of halogens is 1. The largest absolute Gasteiger partial charge is 0.445 e. The van der Waals surface area contributed by atoms with Crippen LogP contribution in [0.5, 0.6) is 0 Å². The maximum Gasteiger partial charge on any atom is 0.207 e. The number of fused-ring (bicyclic) bond motifs is 1. The van der Waals surface area contributed by atoms with Gasteiger partial charge in [-0.15, -0.1) is 0 Å². The van der Waals surface area contributed by atoms with Crippen LogP contribution in [0.15, 0.2) is 15.0 Å². The molecular weight excluding hydrogens is 266 g/mol. The van der Waals surface area contributed by atoms with E-state index in [9.17, 15) is 0 Å². The number of benzene rings is 1. The average molecular weight is 278 g/mol. The summed E-state index contributed by atoms with van der Waals surface area (Å²) in [6.45, 7) is 6.12. The van der Waals surface area contributed by atoms with Crippen molar-refractivity contribution in [2.45, 2.75) is 27.2 Å². The predicted molar refractivity (Wildman–Crippen MR) is 67.5 cm³/mol. The number of nitriles is 1. The lowest BCUT2D eigenvalue weighted by molar-refractivity contribution is 0.594. The first-order chi connectivity index (χ1) is 7.60. The van der Waals surface area contributed by atoms with Gasteiger partial charge in [0.2, 0.25) is 5.76 Å². The maximum atomic E-state index is 9.02. The van der Waals surface area contributed by atoms with Gasteiger partial charge in [0.05, 0.1) is 0 Å². The second kappa shape index (κ2) is 3.95. The Morgan fingerprint density at radius 2 is 2.12 bits per heavy atom. The maximum absolute atomic E-state index is 9.02. The fourth-order valence-corrected chi connectivity index (χ4v) is 2.40. The van der Waals surface area contributed by atoms with E-state index in [1.807, 2.05) is 19.9 Å². The smallest absolute Gasteiger partial charge is 0.207 e. The summed E-state index contributed by atoms with van der Waals surface area (Å²) in [6.07, 6.45) is 0.812. The molecule has 0 atom stereocenters. The van der Waals surface area contributed by atoms with E-state index in [1.54, 1.807) is 0 Å². The molecule has 1 heterocycles. The minimum Gasteiger partial charge on any atom is -0.445 e. The summed E-state index contributed by atoms with van der Waals surface area (Å²) in [5.41, 5.74) is 4.10. The normalized spacial score (nSPS) is 10.7. The molecule has 1 aromatic carbocycles. The molecular formula is C13H12BrNO. The van der Waals surface area contributed by atoms with Gasteiger partial charge in [0.15, 0.2) is 0 Å². The Bertz CT molecular complexity index is 605. The summed E-state index contributed by atoms with van der Waals surface area (Å²) >= 11 is 3.57. The number of furan rings is 1. The van der Waals surface area contributed by atoms with Gasteiger partial charge in [0.1, 0.15) is 11.7 Å². The van der Waals surface area contributed by atoms with Crippen LogP contribution in [0.1, 0.15) is 29.4 Å². The molecule has 16 heavy (non-hydrogen) atoms. The summed E-state index contributed by atoms with van der Waals surface area (Å²) in [5, 5.41) is 10.1. The zero-order valence-electron chi connectivity index (χ0n) is 9.52. The summed E-state index contributed by atoms with van der Waals surface area (Å²) in [6, 6.07) is 4.10. The Hall–Kier alpha value is -1.27.